The van der Waals surface area contributed by atoms with Crippen LogP contribution in [0.1, 0.15) is 34.3 Å². The number of carboxylic acids is 1. The second-order valence-corrected chi connectivity index (χ2v) is 8.58. The molecule has 8 nitrogen and oxygen atoms in total. The van der Waals surface area contributed by atoms with Gasteiger partial charge >= 0.3 is 12.1 Å². The first kappa shape index (κ1) is 26.9. The summed E-state index contributed by atoms with van der Waals surface area (Å²) < 4.78 is 33.4. The maximum Gasteiger partial charge on any atom is 0.490 e. The van der Waals surface area contributed by atoms with Gasteiger partial charge < -0.3 is 10.0 Å². The molecule has 0 unspecified atom stereocenters. The summed E-state index contributed by atoms with van der Waals surface area (Å²) >= 11 is 0. The highest BCUT2D eigenvalue weighted by molar-refractivity contribution is 5.93. The van der Waals surface area contributed by atoms with Crippen LogP contribution in [-0.2, 0) is 11.3 Å². The summed E-state index contributed by atoms with van der Waals surface area (Å²) in [5, 5.41) is 11.5. The van der Waals surface area contributed by atoms with Crippen molar-refractivity contribution in [2.75, 3.05) is 20.1 Å². The van der Waals surface area contributed by atoms with Gasteiger partial charge in [0.25, 0.3) is 5.91 Å². The van der Waals surface area contributed by atoms with Crippen molar-refractivity contribution in [3.63, 3.8) is 0 Å². The molecule has 1 aliphatic rings. The Morgan fingerprint density at radius 2 is 1.78 bits per heavy atom. The summed E-state index contributed by atoms with van der Waals surface area (Å²) in [6.45, 7) is 4.99. The van der Waals surface area contributed by atoms with E-state index in [-0.39, 0.29) is 11.9 Å². The van der Waals surface area contributed by atoms with E-state index in [0.717, 1.165) is 43.9 Å². The van der Waals surface area contributed by atoms with Crippen LogP contribution < -0.4 is 0 Å². The lowest BCUT2D eigenvalue weighted by atomic mass is 10.0. The van der Waals surface area contributed by atoms with Gasteiger partial charge in [0.1, 0.15) is 0 Å². The molecule has 1 saturated heterocycles. The fourth-order valence-corrected chi connectivity index (χ4v) is 3.88. The summed E-state index contributed by atoms with van der Waals surface area (Å²) in [6.07, 6.45) is 2.05. The van der Waals surface area contributed by atoms with E-state index in [0.29, 0.717) is 5.56 Å². The average molecular weight is 504 g/mol. The van der Waals surface area contributed by atoms with Crippen LogP contribution in [0.15, 0.2) is 61.1 Å². The molecule has 1 fully saturated rings. The maximum atomic E-state index is 13.0. The number of carbonyl (C=O) groups excluding carboxylic acids is 1. The molecule has 1 amide bonds. The quantitative estimate of drug-likeness (QED) is 0.567. The van der Waals surface area contributed by atoms with Crippen LogP contribution in [0.2, 0.25) is 0 Å². The standard InChI is InChI=1S/C23H27N5O.C2HF3O2/c1-18-8-11-24-22(14-18)28-17-20(15-25-28)23(29)26(2)21-9-12-27(13-10-21)16-19-6-4-3-5-7-19;3-2(4,5)1(6)7/h3-8,11,14-15,17,21H,9-10,12-13,16H2,1-2H3;(H,6,7). The topological polar surface area (TPSA) is 91.6 Å². The number of piperidine rings is 1. The molecule has 2 aromatic heterocycles. The summed E-state index contributed by atoms with van der Waals surface area (Å²) in [4.78, 5) is 30.5. The molecule has 36 heavy (non-hydrogen) atoms. The Balaban J connectivity index is 0.000000454. The predicted molar refractivity (Wildman–Crippen MR) is 127 cm³/mol. The number of hydrogen-bond donors (Lipinski definition) is 1. The zero-order chi connectivity index (χ0) is 26.3. The molecule has 0 spiro atoms. The average Bonchev–Trinajstić information content (AvgIpc) is 3.35. The van der Waals surface area contributed by atoms with Gasteiger partial charge in [-0.1, -0.05) is 30.3 Å². The molecular formula is C25H28F3N5O3. The molecule has 4 rings (SSSR count). The number of aliphatic carboxylic acids is 1. The van der Waals surface area contributed by atoms with Gasteiger partial charge in [0.2, 0.25) is 0 Å². The van der Waals surface area contributed by atoms with Crippen molar-refractivity contribution in [1.29, 1.82) is 0 Å². The van der Waals surface area contributed by atoms with Crippen LogP contribution >= 0.6 is 0 Å². The number of alkyl halides is 3. The number of hydrogen-bond acceptors (Lipinski definition) is 5. The number of pyridine rings is 1. The van der Waals surface area contributed by atoms with Gasteiger partial charge in [-0.25, -0.2) is 14.5 Å². The summed E-state index contributed by atoms with van der Waals surface area (Å²) in [5.41, 5.74) is 3.05. The minimum atomic E-state index is -5.08. The van der Waals surface area contributed by atoms with E-state index in [1.165, 1.54) is 5.56 Å². The van der Waals surface area contributed by atoms with Gasteiger partial charge in [0.05, 0.1) is 11.8 Å². The van der Waals surface area contributed by atoms with Crippen molar-refractivity contribution in [1.82, 2.24) is 24.6 Å². The zero-order valence-corrected chi connectivity index (χ0v) is 20.0. The van der Waals surface area contributed by atoms with Crippen molar-refractivity contribution < 1.29 is 27.9 Å². The third kappa shape index (κ3) is 7.38. The second kappa shape index (κ2) is 11.8. The normalized spacial score (nSPS) is 14.6. The minimum absolute atomic E-state index is 0.0189. The van der Waals surface area contributed by atoms with E-state index in [1.54, 1.807) is 23.3 Å². The van der Waals surface area contributed by atoms with Crippen molar-refractivity contribution in [2.24, 2.45) is 0 Å². The highest BCUT2D eigenvalue weighted by atomic mass is 19.4. The molecule has 3 heterocycles. The van der Waals surface area contributed by atoms with Crippen molar-refractivity contribution in [3.8, 4) is 5.82 Å². The highest BCUT2D eigenvalue weighted by Crippen LogP contribution is 2.20. The van der Waals surface area contributed by atoms with Gasteiger partial charge in [0, 0.05) is 45.1 Å². The van der Waals surface area contributed by atoms with Crippen molar-refractivity contribution in [3.05, 3.63) is 77.7 Å². The highest BCUT2D eigenvalue weighted by Gasteiger charge is 2.38. The third-order valence-corrected chi connectivity index (χ3v) is 5.88. The monoisotopic (exact) mass is 503 g/mol. The third-order valence-electron chi connectivity index (χ3n) is 5.88. The van der Waals surface area contributed by atoms with E-state index >= 15 is 0 Å². The van der Waals surface area contributed by atoms with Gasteiger partial charge in [0.15, 0.2) is 5.82 Å². The first-order valence-electron chi connectivity index (χ1n) is 11.4. The first-order chi connectivity index (χ1) is 17.0. The largest absolute Gasteiger partial charge is 0.490 e. The van der Waals surface area contributed by atoms with Crippen LogP contribution in [0.5, 0.6) is 0 Å². The number of aryl methyl sites for hydroxylation is 1. The van der Waals surface area contributed by atoms with Crippen LogP contribution in [-0.4, -0.2) is 73.9 Å². The molecular weight excluding hydrogens is 475 g/mol. The first-order valence-corrected chi connectivity index (χ1v) is 11.4. The summed E-state index contributed by atoms with van der Waals surface area (Å²) in [5.74, 6) is -2.01. The Kier molecular flexibility index (Phi) is 8.81. The molecule has 1 N–H and O–H groups in total. The number of carboxylic acid groups (broad SMARTS) is 1. The Labute approximate surface area is 207 Å². The Morgan fingerprint density at radius 3 is 2.36 bits per heavy atom. The van der Waals surface area contributed by atoms with Gasteiger partial charge in [-0.15, -0.1) is 0 Å². The summed E-state index contributed by atoms with van der Waals surface area (Å²) in [7, 11) is 1.90. The van der Waals surface area contributed by atoms with Gasteiger partial charge in [-0.05, 0) is 43.0 Å². The van der Waals surface area contributed by atoms with Crippen molar-refractivity contribution >= 4 is 11.9 Å². The molecule has 0 atom stereocenters. The van der Waals surface area contributed by atoms with Crippen molar-refractivity contribution in [2.45, 2.75) is 38.5 Å². The Bertz CT molecular complexity index is 1160. The zero-order valence-electron chi connectivity index (χ0n) is 20.0. The second-order valence-electron chi connectivity index (χ2n) is 8.58. The van der Waals surface area contributed by atoms with E-state index in [4.69, 9.17) is 9.90 Å². The molecule has 1 aliphatic heterocycles. The molecule has 0 saturated carbocycles. The van der Waals surface area contributed by atoms with E-state index in [2.05, 4.69) is 39.2 Å². The minimum Gasteiger partial charge on any atom is -0.475 e. The molecule has 11 heteroatoms. The lowest BCUT2D eigenvalue weighted by Gasteiger charge is -2.36. The van der Waals surface area contributed by atoms with E-state index < -0.39 is 12.1 Å². The molecule has 3 aromatic rings. The number of aromatic nitrogens is 3. The lowest BCUT2D eigenvalue weighted by molar-refractivity contribution is -0.192. The fraction of sp³-hybridized carbons (Fsp3) is 0.360. The molecule has 0 radical (unpaired) electrons. The molecule has 192 valence electrons. The van der Waals surface area contributed by atoms with Crippen LogP contribution in [0, 0.1) is 6.92 Å². The van der Waals surface area contributed by atoms with Crippen LogP contribution in [0.4, 0.5) is 13.2 Å². The van der Waals surface area contributed by atoms with Crippen LogP contribution in [0.3, 0.4) is 0 Å². The Morgan fingerprint density at radius 1 is 1.14 bits per heavy atom. The number of benzene rings is 1. The SMILES string of the molecule is Cc1ccnc(-n2cc(C(=O)N(C)C3CCN(Cc4ccccc4)CC3)cn2)c1.O=C(O)C(F)(F)F. The number of nitrogens with zero attached hydrogens (tertiary/aromatic N) is 5. The number of carbonyl (C=O) groups is 2. The van der Waals surface area contributed by atoms with E-state index in [9.17, 15) is 18.0 Å². The number of amides is 1. The molecule has 1 aromatic carbocycles. The van der Waals surface area contributed by atoms with Gasteiger partial charge in [-0.3, -0.25) is 9.69 Å². The maximum absolute atomic E-state index is 13.0. The molecule has 0 aliphatic carbocycles. The van der Waals surface area contributed by atoms with Gasteiger partial charge in [-0.2, -0.15) is 18.3 Å². The molecule has 0 bridgehead atoms. The smallest absolute Gasteiger partial charge is 0.475 e. The van der Waals surface area contributed by atoms with E-state index in [1.807, 2.05) is 37.1 Å². The number of rotatable bonds is 5. The fourth-order valence-electron chi connectivity index (χ4n) is 3.88. The van der Waals surface area contributed by atoms with Crippen LogP contribution in [0.25, 0.3) is 5.82 Å². The Hall–Kier alpha value is -3.73. The lowest BCUT2D eigenvalue weighted by Crippen LogP contribution is -2.45. The predicted octanol–water partition coefficient (Wildman–Crippen LogP) is 3.95. The number of halogens is 3. The number of likely N-dealkylation sites (tertiary alicyclic amines) is 1. The summed E-state index contributed by atoms with van der Waals surface area (Å²) in [6, 6.07) is 14.7.